The predicted octanol–water partition coefficient (Wildman–Crippen LogP) is 3.33. The topological polar surface area (TPSA) is 104 Å². The molecule has 1 fully saturated rings. The zero-order valence-electron chi connectivity index (χ0n) is 16.1. The summed E-state index contributed by atoms with van der Waals surface area (Å²) in [7, 11) is 0. The first kappa shape index (κ1) is 18.4. The van der Waals surface area contributed by atoms with E-state index in [4.69, 9.17) is 15.6 Å². The first-order chi connectivity index (χ1) is 14.7. The Labute approximate surface area is 171 Å². The van der Waals surface area contributed by atoms with Gasteiger partial charge in [-0.1, -0.05) is 6.07 Å². The fourth-order valence-electron chi connectivity index (χ4n) is 3.73. The number of pyridine rings is 1. The zero-order chi connectivity index (χ0) is 20.5. The largest absolute Gasteiger partial charge is 0.439 e. The van der Waals surface area contributed by atoms with E-state index in [1.807, 2.05) is 10.7 Å². The smallest absolute Gasteiger partial charge is 0.219 e. The molecule has 0 unspecified atom stereocenters. The molecule has 3 N–H and O–H groups in total. The van der Waals surface area contributed by atoms with E-state index < -0.39 is 0 Å². The number of nitrogens with two attached hydrogens (primary N) is 1. The van der Waals surface area contributed by atoms with Crippen molar-refractivity contribution in [2.45, 2.75) is 18.9 Å². The van der Waals surface area contributed by atoms with Crippen LogP contribution in [0.3, 0.4) is 0 Å². The number of hydrogen-bond acceptors (Lipinski definition) is 7. The van der Waals surface area contributed by atoms with Gasteiger partial charge in [0, 0.05) is 30.4 Å². The molecule has 9 heteroatoms. The number of nitrogens with one attached hydrogen (secondary N) is 1. The third-order valence-corrected chi connectivity index (χ3v) is 5.16. The third-order valence-electron chi connectivity index (χ3n) is 5.16. The van der Waals surface area contributed by atoms with Crippen LogP contribution in [0.4, 0.5) is 10.2 Å². The Kier molecular flexibility index (Phi) is 4.72. The summed E-state index contributed by atoms with van der Waals surface area (Å²) in [5, 5.41) is 8.95. The summed E-state index contributed by atoms with van der Waals surface area (Å²) in [6, 6.07) is 9.69. The van der Waals surface area contributed by atoms with Crippen molar-refractivity contribution in [2.24, 2.45) is 0 Å². The second kappa shape index (κ2) is 7.68. The van der Waals surface area contributed by atoms with Crippen molar-refractivity contribution in [1.82, 2.24) is 30.0 Å². The first-order valence-corrected chi connectivity index (χ1v) is 9.78. The van der Waals surface area contributed by atoms with E-state index in [1.165, 1.54) is 18.5 Å². The van der Waals surface area contributed by atoms with Gasteiger partial charge in [0.2, 0.25) is 5.88 Å². The maximum atomic E-state index is 13.4. The molecule has 0 radical (unpaired) electrons. The normalized spacial score (nSPS) is 16.6. The summed E-state index contributed by atoms with van der Waals surface area (Å²) in [5.41, 5.74) is 8.35. The van der Waals surface area contributed by atoms with E-state index in [-0.39, 0.29) is 11.9 Å². The minimum atomic E-state index is -0.367. The van der Waals surface area contributed by atoms with Gasteiger partial charge in [-0.15, -0.1) is 0 Å². The zero-order valence-corrected chi connectivity index (χ0v) is 16.1. The van der Waals surface area contributed by atoms with Crippen LogP contribution in [-0.4, -0.2) is 37.8 Å². The third kappa shape index (κ3) is 3.43. The van der Waals surface area contributed by atoms with Gasteiger partial charge < -0.3 is 15.8 Å². The summed E-state index contributed by atoms with van der Waals surface area (Å²) in [4.78, 5) is 12.9. The molecule has 4 heterocycles. The van der Waals surface area contributed by atoms with Gasteiger partial charge in [-0.25, -0.2) is 24.0 Å². The van der Waals surface area contributed by atoms with Crippen LogP contribution in [0.5, 0.6) is 11.6 Å². The highest BCUT2D eigenvalue weighted by Crippen LogP contribution is 2.33. The van der Waals surface area contributed by atoms with Crippen LogP contribution < -0.4 is 15.8 Å². The standard InChI is InChI=1S/C21H20FN7O/c22-14-3-1-5-16(9-14)30-17-7-6-13(10-25-17)19-18-20(23)26-12-27-21(18)29(28-19)15-4-2-8-24-11-15/h1,3,5-7,9-10,12,15,24H,2,4,8,11H2,(H2,23,26,27)/t15-/m1/s1. The Hall–Kier alpha value is -3.59. The van der Waals surface area contributed by atoms with Gasteiger partial charge in [0.25, 0.3) is 0 Å². The van der Waals surface area contributed by atoms with Crippen LogP contribution in [0, 0.1) is 5.82 Å². The van der Waals surface area contributed by atoms with Gasteiger partial charge in [-0.05, 0) is 37.6 Å². The molecule has 1 aliphatic heterocycles. The number of nitrogens with zero attached hydrogens (tertiary/aromatic N) is 5. The SMILES string of the molecule is Nc1ncnc2c1c(-c1ccc(Oc3cccc(F)c3)nc1)nn2[C@@H]1CCCNC1. The molecule has 1 aliphatic rings. The molecule has 0 amide bonds. The highest BCUT2D eigenvalue weighted by atomic mass is 19.1. The molecule has 0 spiro atoms. The molecule has 4 aromatic rings. The van der Waals surface area contributed by atoms with Crippen LogP contribution in [0.1, 0.15) is 18.9 Å². The number of rotatable bonds is 4. The summed E-state index contributed by atoms with van der Waals surface area (Å²) in [6.45, 7) is 1.84. The highest BCUT2D eigenvalue weighted by molar-refractivity contribution is 5.98. The summed E-state index contributed by atoms with van der Waals surface area (Å²) in [6.07, 6.45) is 5.22. The fraction of sp³-hybridized carbons (Fsp3) is 0.238. The Morgan fingerprint density at radius 2 is 2.10 bits per heavy atom. The fourth-order valence-corrected chi connectivity index (χ4v) is 3.73. The molecule has 5 rings (SSSR count). The van der Waals surface area contributed by atoms with Gasteiger partial charge in [-0.2, -0.15) is 5.10 Å². The Balaban J connectivity index is 1.51. The molecule has 0 bridgehead atoms. The van der Waals surface area contributed by atoms with E-state index in [0.29, 0.717) is 34.2 Å². The quantitative estimate of drug-likeness (QED) is 0.537. The lowest BCUT2D eigenvalue weighted by atomic mass is 10.1. The minimum absolute atomic E-state index is 0.202. The number of piperidine rings is 1. The number of ether oxygens (including phenoxy) is 1. The number of benzene rings is 1. The maximum Gasteiger partial charge on any atom is 0.219 e. The van der Waals surface area contributed by atoms with Crippen LogP contribution in [0.2, 0.25) is 0 Å². The molecule has 0 saturated carbocycles. The Morgan fingerprint density at radius 1 is 1.17 bits per heavy atom. The predicted molar refractivity (Wildman–Crippen MR) is 111 cm³/mol. The first-order valence-electron chi connectivity index (χ1n) is 9.78. The number of anilines is 1. The van der Waals surface area contributed by atoms with E-state index in [1.54, 1.807) is 24.4 Å². The van der Waals surface area contributed by atoms with Gasteiger partial charge in [0.15, 0.2) is 5.65 Å². The van der Waals surface area contributed by atoms with Crippen molar-refractivity contribution in [3.05, 3.63) is 54.7 Å². The van der Waals surface area contributed by atoms with Crippen LogP contribution in [-0.2, 0) is 0 Å². The monoisotopic (exact) mass is 405 g/mol. The maximum absolute atomic E-state index is 13.4. The van der Waals surface area contributed by atoms with Gasteiger partial charge in [0.05, 0.1) is 11.4 Å². The molecule has 8 nitrogen and oxygen atoms in total. The van der Waals surface area contributed by atoms with Gasteiger partial charge in [-0.3, -0.25) is 0 Å². The van der Waals surface area contributed by atoms with Crippen LogP contribution >= 0.6 is 0 Å². The summed E-state index contributed by atoms with van der Waals surface area (Å²) >= 11 is 0. The molecule has 3 aromatic heterocycles. The van der Waals surface area contributed by atoms with Gasteiger partial charge >= 0.3 is 0 Å². The van der Waals surface area contributed by atoms with Crippen LogP contribution in [0.15, 0.2) is 48.9 Å². The molecule has 152 valence electrons. The Morgan fingerprint density at radius 3 is 2.87 bits per heavy atom. The van der Waals surface area contributed by atoms with Crippen molar-refractivity contribution in [2.75, 3.05) is 18.8 Å². The van der Waals surface area contributed by atoms with E-state index in [9.17, 15) is 4.39 Å². The van der Waals surface area contributed by atoms with Crippen molar-refractivity contribution in [1.29, 1.82) is 0 Å². The molecule has 30 heavy (non-hydrogen) atoms. The summed E-state index contributed by atoms with van der Waals surface area (Å²) in [5.74, 6) is 0.750. The lowest BCUT2D eigenvalue weighted by Gasteiger charge is -2.23. The molecular weight excluding hydrogens is 385 g/mol. The number of fused-ring (bicyclic) bond motifs is 1. The molecule has 1 atom stereocenters. The van der Waals surface area contributed by atoms with Gasteiger partial charge in [0.1, 0.15) is 29.4 Å². The van der Waals surface area contributed by atoms with Crippen LogP contribution in [0.25, 0.3) is 22.3 Å². The van der Waals surface area contributed by atoms with Crippen molar-refractivity contribution < 1.29 is 9.13 Å². The highest BCUT2D eigenvalue weighted by Gasteiger charge is 2.23. The molecule has 1 aromatic carbocycles. The molecule has 1 saturated heterocycles. The van der Waals surface area contributed by atoms with E-state index in [0.717, 1.165) is 31.5 Å². The lowest BCUT2D eigenvalue weighted by Crippen LogP contribution is -2.32. The van der Waals surface area contributed by atoms with Crippen molar-refractivity contribution >= 4 is 16.9 Å². The number of hydrogen-bond donors (Lipinski definition) is 2. The average Bonchev–Trinajstić information content (AvgIpc) is 3.16. The van der Waals surface area contributed by atoms with E-state index in [2.05, 4.69) is 20.3 Å². The Bertz CT molecular complexity index is 1190. The lowest BCUT2D eigenvalue weighted by molar-refractivity contribution is 0.354. The number of halogens is 1. The number of nitrogen functional groups attached to an aromatic ring is 1. The van der Waals surface area contributed by atoms with E-state index >= 15 is 0 Å². The summed E-state index contributed by atoms with van der Waals surface area (Å²) < 4.78 is 20.9. The minimum Gasteiger partial charge on any atom is -0.439 e. The number of aromatic nitrogens is 5. The second-order valence-corrected chi connectivity index (χ2v) is 7.20. The van der Waals surface area contributed by atoms with Crippen molar-refractivity contribution in [3.63, 3.8) is 0 Å². The average molecular weight is 405 g/mol. The van der Waals surface area contributed by atoms with Crippen molar-refractivity contribution in [3.8, 4) is 22.9 Å². The molecule has 0 aliphatic carbocycles. The molecular formula is C21H20FN7O. The second-order valence-electron chi connectivity index (χ2n) is 7.20.